The molecule has 0 saturated heterocycles. The van der Waals surface area contributed by atoms with Crippen LogP contribution in [-0.4, -0.2) is 60.9 Å². The zero-order valence-electron chi connectivity index (χ0n) is 30.4. The molecular formula is C36H41N9O5S2. The standard InChI is InChI=1S/C36H41N9O5S2/c1-19(20-11-10-14-39-28(20)45(32(46)49-34(2,3)4)33(47)50-35(5,6)7)43-15-16-44-26-22(18-40-44)36(48-30-24(26)29(43)41-31(42-30)51-8)13-9-12-23-25(36)21(17-37)27(38)52-23/h10-11,14,18-19H,9,12-13,15-16,38H2,1-8H3. The molecule has 2 unspecified atom stereocenters. The van der Waals surface area contributed by atoms with E-state index in [9.17, 15) is 14.9 Å². The van der Waals surface area contributed by atoms with E-state index in [4.69, 9.17) is 35.0 Å². The van der Waals surface area contributed by atoms with Crippen LogP contribution >= 0.6 is 23.1 Å². The quantitative estimate of drug-likeness (QED) is 0.164. The third-order valence-electron chi connectivity index (χ3n) is 9.18. The molecule has 0 aromatic carbocycles. The number of amides is 2. The highest BCUT2D eigenvalue weighted by molar-refractivity contribution is 7.98. The second kappa shape index (κ2) is 12.7. The van der Waals surface area contributed by atoms with Gasteiger partial charge in [0, 0.05) is 34.3 Å². The number of carbonyl (C=O) groups is 2. The fourth-order valence-electron chi connectivity index (χ4n) is 7.17. The minimum atomic E-state index is -0.993. The van der Waals surface area contributed by atoms with Crippen molar-refractivity contribution in [3.05, 3.63) is 51.7 Å². The van der Waals surface area contributed by atoms with Crippen LogP contribution in [0.4, 0.5) is 26.2 Å². The molecule has 2 atom stereocenters. The molecule has 7 rings (SSSR count). The summed E-state index contributed by atoms with van der Waals surface area (Å²) in [6, 6.07) is 5.44. The van der Waals surface area contributed by atoms with Crippen LogP contribution in [0.3, 0.4) is 0 Å². The number of rotatable bonds is 4. The lowest BCUT2D eigenvalue weighted by atomic mass is 9.74. The zero-order valence-corrected chi connectivity index (χ0v) is 32.1. The van der Waals surface area contributed by atoms with Crippen molar-refractivity contribution in [1.82, 2.24) is 24.7 Å². The second-order valence-corrected chi connectivity index (χ2v) is 16.9. The lowest BCUT2D eigenvalue weighted by Crippen LogP contribution is -2.45. The number of nitrogens with zero attached hydrogens (tertiary/aromatic N) is 8. The molecule has 16 heteroatoms. The number of thiophene rings is 1. The number of pyridine rings is 1. The lowest BCUT2D eigenvalue weighted by Gasteiger charge is -2.41. The fourth-order valence-corrected chi connectivity index (χ4v) is 8.65. The maximum atomic E-state index is 13.7. The van der Waals surface area contributed by atoms with Gasteiger partial charge in [0.15, 0.2) is 16.6 Å². The molecule has 1 spiro atoms. The smallest absolute Gasteiger partial charge is 0.425 e. The van der Waals surface area contributed by atoms with Crippen molar-refractivity contribution in [2.24, 2.45) is 0 Å². The van der Waals surface area contributed by atoms with Crippen LogP contribution in [0, 0.1) is 11.3 Å². The maximum Gasteiger partial charge on any atom is 0.425 e. The number of fused-ring (bicyclic) bond motifs is 3. The van der Waals surface area contributed by atoms with Crippen molar-refractivity contribution in [2.45, 2.75) is 102 Å². The van der Waals surface area contributed by atoms with Gasteiger partial charge in [-0.15, -0.1) is 11.3 Å². The van der Waals surface area contributed by atoms with Crippen molar-refractivity contribution in [1.29, 1.82) is 5.26 Å². The average molecular weight is 744 g/mol. The van der Waals surface area contributed by atoms with Crippen molar-refractivity contribution >= 4 is 51.9 Å². The lowest BCUT2D eigenvalue weighted by molar-refractivity contribution is 0.0428. The number of nitrogen functional groups attached to an aromatic ring is 1. The van der Waals surface area contributed by atoms with Crippen LogP contribution in [0.2, 0.25) is 0 Å². The van der Waals surface area contributed by atoms with Gasteiger partial charge in [-0.2, -0.15) is 20.2 Å². The van der Waals surface area contributed by atoms with Crippen LogP contribution in [-0.2, 0) is 28.0 Å². The molecule has 2 aliphatic heterocycles. The predicted octanol–water partition coefficient (Wildman–Crippen LogP) is 7.20. The van der Waals surface area contributed by atoms with Gasteiger partial charge in [0.2, 0.25) is 5.88 Å². The number of imide groups is 1. The highest BCUT2D eigenvalue weighted by Crippen LogP contribution is 2.58. The van der Waals surface area contributed by atoms with E-state index in [1.807, 2.05) is 30.1 Å². The third-order valence-corrected chi connectivity index (χ3v) is 10.8. The first-order chi connectivity index (χ1) is 24.6. The number of aromatic nitrogens is 5. The minimum Gasteiger partial charge on any atom is -0.460 e. The summed E-state index contributed by atoms with van der Waals surface area (Å²) in [5.41, 5.74) is 7.77. The average Bonchev–Trinajstić information content (AvgIpc) is 3.60. The Balaban J connectivity index is 1.37. The van der Waals surface area contributed by atoms with E-state index in [1.165, 1.54) is 29.3 Å². The van der Waals surface area contributed by atoms with Gasteiger partial charge >= 0.3 is 12.2 Å². The second-order valence-electron chi connectivity index (χ2n) is 15.0. The van der Waals surface area contributed by atoms with Crippen molar-refractivity contribution in [2.75, 3.05) is 28.3 Å². The van der Waals surface area contributed by atoms with Crippen LogP contribution < -0.4 is 20.3 Å². The van der Waals surface area contributed by atoms with Gasteiger partial charge in [-0.05, 0) is 80.1 Å². The first-order valence-electron chi connectivity index (χ1n) is 17.1. The van der Waals surface area contributed by atoms with Gasteiger partial charge in [0.05, 0.1) is 30.0 Å². The molecule has 1 aliphatic carbocycles. The third kappa shape index (κ3) is 5.89. The minimum absolute atomic E-state index is 0.0817. The Kier molecular flexibility index (Phi) is 8.65. The SMILES string of the molecule is CSc1nc2c3c(n1)N(C(C)c1cccnc1N(C(=O)OC(C)(C)C)C(=O)OC(C)(C)C)CCn1ncc(c1-3)C1(CCCc3sc(N)c(C#N)c31)O2. The number of aryl methyl sites for hydroxylation is 1. The van der Waals surface area contributed by atoms with E-state index >= 15 is 0 Å². The molecule has 0 saturated carbocycles. The van der Waals surface area contributed by atoms with E-state index in [0.29, 0.717) is 58.1 Å². The first-order valence-corrected chi connectivity index (χ1v) is 19.1. The van der Waals surface area contributed by atoms with E-state index in [0.717, 1.165) is 39.4 Å². The molecule has 4 aromatic heterocycles. The Morgan fingerprint density at radius 3 is 2.52 bits per heavy atom. The summed E-state index contributed by atoms with van der Waals surface area (Å²) in [6.07, 6.45) is 5.72. The topological polar surface area (TPSA) is 175 Å². The van der Waals surface area contributed by atoms with Crippen LogP contribution in [0.1, 0.15) is 94.5 Å². The van der Waals surface area contributed by atoms with E-state index in [2.05, 4.69) is 16.0 Å². The van der Waals surface area contributed by atoms with Gasteiger partial charge in [0.25, 0.3) is 0 Å². The Labute approximate surface area is 310 Å². The molecule has 52 heavy (non-hydrogen) atoms. The zero-order chi connectivity index (χ0) is 37.3. The van der Waals surface area contributed by atoms with Crippen molar-refractivity contribution in [3.8, 4) is 23.2 Å². The molecule has 14 nitrogen and oxygen atoms in total. The molecule has 0 fully saturated rings. The summed E-state index contributed by atoms with van der Waals surface area (Å²) < 4.78 is 20.4. The normalized spacial score (nSPS) is 18.0. The molecule has 4 aromatic rings. The molecule has 2 amide bonds. The largest absolute Gasteiger partial charge is 0.460 e. The van der Waals surface area contributed by atoms with Gasteiger partial charge in [-0.1, -0.05) is 17.8 Å². The number of anilines is 3. The molecule has 0 bridgehead atoms. The number of nitrogens with two attached hydrogens (primary N) is 1. The number of thioether (sulfide) groups is 1. The molecule has 272 valence electrons. The predicted molar refractivity (Wildman–Crippen MR) is 198 cm³/mol. The Bertz CT molecular complexity index is 2120. The van der Waals surface area contributed by atoms with Crippen LogP contribution in [0.25, 0.3) is 11.3 Å². The Hall–Kier alpha value is -4.88. The highest BCUT2D eigenvalue weighted by Gasteiger charge is 2.52. The summed E-state index contributed by atoms with van der Waals surface area (Å²) in [4.78, 5) is 46.0. The highest BCUT2D eigenvalue weighted by atomic mass is 32.2. The molecular weight excluding hydrogens is 703 g/mol. The Morgan fingerprint density at radius 2 is 1.87 bits per heavy atom. The van der Waals surface area contributed by atoms with E-state index in [1.54, 1.807) is 47.6 Å². The summed E-state index contributed by atoms with van der Waals surface area (Å²) in [5.74, 6) is 1.08. The first kappa shape index (κ1) is 35.5. The van der Waals surface area contributed by atoms with E-state index < -0.39 is 35.0 Å². The van der Waals surface area contributed by atoms with Gasteiger partial charge in [-0.25, -0.2) is 19.6 Å². The monoisotopic (exact) mass is 743 g/mol. The summed E-state index contributed by atoms with van der Waals surface area (Å²) >= 11 is 2.83. The van der Waals surface area contributed by atoms with E-state index in [-0.39, 0.29) is 5.82 Å². The number of hydrogen-bond donors (Lipinski definition) is 1. The summed E-state index contributed by atoms with van der Waals surface area (Å²) in [7, 11) is 0. The van der Waals surface area contributed by atoms with Crippen LogP contribution in [0.15, 0.2) is 29.7 Å². The maximum absolute atomic E-state index is 13.7. The number of hydrogen-bond acceptors (Lipinski definition) is 14. The molecule has 2 N–H and O–H groups in total. The van der Waals surface area contributed by atoms with Gasteiger partial charge in [0.1, 0.15) is 33.7 Å². The molecule has 0 radical (unpaired) electrons. The Morgan fingerprint density at radius 1 is 1.15 bits per heavy atom. The summed E-state index contributed by atoms with van der Waals surface area (Å²) in [5, 5.41) is 16.1. The van der Waals surface area contributed by atoms with Crippen LogP contribution in [0.5, 0.6) is 5.88 Å². The summed E-state index contributed by atoms with van der Waals surface area (Å²) in [6.45, 7) is 13.3. The van der Waals surface area contributed by atoms with Gasteiger partial charge < -0.3 is 24.8 Å². The molecule has 6 heterocycles. The number of ether oxygens (including phenoxy) is 3. The van der Waals surface area contributed by atoms with Gasteiger partial charge in [-0.3, -0.25) is 4.68 Å². The molecule has 3 aliphatic rings. The number of carbonyl (C=O) groups excluding carboxylic acids is 2. The fraction of sp³-hybridized carbons (Fsp3) is 0.472. The number of nitriles is 1. The van der Waals surface area contributed by atoms with Crippen molar-refractivity contribution in [3.63, 3.8) is 0 Å². The van der Waals surface area contributed by atoms with Crippen molar-refractivity contribution < 1.29 is 23.8 Å².